The van der Waals surface area contributed by atoms with E-state index in [-0.39, 0.29) is 0 Å². The van der Waals surface area contributed by atoms with Gasteiger partial charge in [0.15, 0.2) is 0 Å². The number of rotatable bonds is 2. The molecule has 0 N–H and O–H groups in total. The Kier molecular flexibility index (Phi) is 2.96. The smallest absolute Gasteiger partial charge is 0.362 e. The van der Waals surface area contributed by atoms with Gasteiger partial charge in [0.05, 0.1) is 0 Å². The molecule has 2 aromatic rings. The molecule has 0 spiro atoms. The number of hydrogen-bond acceptors (Lipinski definition) is 3. The number of ether oxygens (including phenoxy) is 1. The van der Waals surface area contributed by atoms with E-state index in [1.54, 1.807) is 24.3 Å². The minimum Gasteiger partial charge on any atom is -0.422 e. The molecule has 0 aliphatic heterocycles. The molecule has 0 atom stereocenters. The summed E-state index contributed by atoms with van der Waals surface area (Å²) in [5.41, 5.74) is 1.12. The van der Waals surface area contributed by atoms with Gasteiger partial charge in [-0.15, -0.1) is 0 Å². The Morgan fingerprint density at radius 1 is 1.06 bits per heavy atom. The molecule has 1 aromatic carbocycles. The van der Waals surface area contributed by atoms with Gasteiger partial charge in [-0.1, -0.05) is 24.3 Å². The maximum atomic E-state index is 11.7. The van der Waals surface area contributed by atoms with Gasteiger partial charge in [0, 0.05) is 5.69 Å². The highest BCUT2D eigenvalue weighted by Gasteiger charge is 2.09. The summed E-state index contributed by atoms with van der Waals surface area (Å²) in [5, 5.41) is 0. The Morgan fingerprint density at radius 3 is 2.50 bits per heavy atom. The third-order valence-corrected chi connectivity index (χ3v) is 2.05. The van der Waals surface area contributed by atoms with Crippen LogP contribution in [0.1, 0.15) is 16.2 Å². The van der Waals surface area contributed by atoms with Crippen molar-refractivity contribution < 1.29 is 9.53 Å². The number of benzene rings is 1. The van der Waals surface area contributed by atoms with E-state index in [2.05, 4.69) is 4.98 Å². The molecule has 0 radical (unpaired) electrons. The average Bonchev–Trinajstić information content (AvgIpc) is 2.30. The van der Waals surface area contributed by atoms with E-state index >= 15 is 0 Å². The lowest BCUT2D eigenvalue weighted by atomic mass is 10.3. The van der Waals surface area contributed by atoms with E-state index in [0.29, 0.717) is 11.4 Å². The lowest BCUT2D eigenvalue weighted by molar-refractivity contribution is 0.0728. The van der Waals surface area contributed by atoms with Gasteiger partial charge in [-0.2, -0.15) is 0 Å². The van der Waals surface area contributed by atoms with Crippen molar-refractivity contribution in [2.75, 3.05) is 0 Å². The molecule has 0 unspecified atom stereocenters. The number of aromatic nitrogens is 1. The summed E-state index contributed by atoms with van der Waals surface area (Å²) < 4.78 is 5.15. The standard InChI is InChI=1S/C13H11NO2/c1-10-6-5-9-12(14-10)13(15)16-11-7-3-2-4-8-11/h2-9H,1H3. The number of para-hydroxylation sites is 1. The summed E-state index contributed by atoms with van der Waals surface area (Å²) >= 11 is 0. The fourth-order valence-corrected chi connectivity index (χ4v) is 1.30. The maximum Gasteiger partial charge on any atom is 0.362 e. The number of hydrogen-bond donors (Lipinski definition) is 0. The first-order chi connectivity index (χ1) is 7.75. The first kappa shape index (κ1) is 10.4. The van der Waals surface area contributed by atoms with Gasteiger partial charge < -0.3 is 4.74 Å². The summed E-state index contributed by atoms with van der Waals surface area (Å²) in [6.45, 7) is 1.83. The number of carbonyl (C=O) groups is 1. The molecule has 0 saturated carbocycles. The van der Waals surface area contributed by atoms with E-state index in [0.717, 1.165) is 5.69 Å². The summed E-state index contributed by atoms with van der Waals surface area (Å²) in [6.07, 6.45) is 0. The molecule has 0 bridgehead atoms. The number of carbonyl (C=O) groups excluding carboxylic acids is 1. The highest BCUT2D eigenvalue weighted by molar-refractivity contribution is 5.88. The van der Waals surface area contributed by atoms with Gasteiger partial charge in [0.2, 0.25) is 0 Å². The molecule has 3 heteroatoms. The van der Waals surface area contributed by atoms with Crippen molar-refractivity contribution in [2.24, 2.45) is 0 Å². The second-order valence-electron chi connectivity index (χ2n) is 3.37. The summed E-state index contributed by atoms with van der Waals surface area (Å²) in [6, 6.07) is 14.2. The van der Waals surface area contributed by atoms with Crippen LogP contribution in [0.5, 0.6) is 5.75 Å². The SMILES string of the molecule is Cc1cccc(C(=O)Oc2ccccc2)n1. The zero-order valence-electron chi connectivity index (χ0n) is 8.88. The average molecular weight is 213 g/mol. The Hall–Kier alpha value is -2.16. The molecular weight excluding hydrogens is 202 g/mol. The van der Waals surface area contributed by atoms with Crippen LogP contribution in [-0.2, 0) is 0 Å². The third-order valence-electron chi connectivity index (χ3n) is 2.05. The first-order valence-electron chi connectivity index (χ1n) is 4.96. The van der Waals surface area contributed by atoms with Crippen LogP contribution in [0, 0.1) is 6.92 Å². The van der Waals surface area contributed by atoms with E-state index in [1.165, 1.54) is 0 Å². The second kappa shape index (κ2) is 4.57. The fourth-order valence-electron chi connectivity index (χ4n) is 1.30. The van der Waals surface area contributed by atoms with Gasteiger partial charge in [-0.25, -0.2) is 9.78 Å². The van der Waals surface area contributed by atoms with Crippen LogP contribution in [-0.4, -0.2) is 11.0 Å². The zero-order valence-corrected chi connectivity index (χ0v) is 8.88. The van der Waals surface area contributed by atoms with Gasteiger partial charge in [-0.3, -0.25) is 0 Å². The molecule has 0 saturated heterocycles. The van der Waals surface area contributed by atoms with Gasteiger partial charge >= 0.3 is 5.97 Å². The van der Waals surface area contributed by atoms with E-state index in [1.807, 2.05) is 31.2 Å². The van der Waals surface area contributed by atoms with Crippen molar-refractivity contribution in [2.45, 2.75) is 6.92 Å². The lowest BCUT2D eigenvalue weighted by Gasteiger charge is -2.03. The van der Waals surface area contributed by atoms with Crippen LogP contribution in [0.15, 0.2) is 48.5 Å². The molecule has 0 amide bonds. The van der Waals surface area contributed by atoms with Crippen LogP contribution in [0.25, 0.3) is 0 Å². The number of aryl methyl sites for hydroxylation is 1. The normalized spacial score (nSPS) is 9.81. The molecule has 16 heavy (non-hydrogen) atoms. The van der Waals surface area contributed by atoms with E-state index in [9.17, 15) is 4.79 Å². The molecule has 3 nitrogen and oxygen atoms in total. The fraction of sp³-hybridized carbons (Fsp3) is 0.0769. The topological polar surface area (TPSA) is 39.2 Å². The van der Waals surface area contributed by atoms with E-state index in [4.69, 9.17) is 4.74 Å². The van der Waals surface area contributed by atoms with Crippen LogP contribution in [0.2, 0.25) is 0 Å². The Balaban J connectivity index is 2.15. The Labute approximate surface area is 93.7 Å². The predicted molar refractivity (Wildman–Crippen MR) is 60.4 cm³/mol. The van der Waals surface area contributed by atoms with Crippen LogP contribution in [0.3, 0.4) is 0 Å². The highest BCUT2D eigenvalue weighted by Crippen LogP contribution is 2.10. The van der Waals surface area contributed by atoms with Crippen LogP contribution in [0.4, 0.5) is 0 Å². The Morgan fingerprint density at radius 2 is 1.81 bits per heavy atom. The summed E-state index contributed by atoms with van der Waals surface area (Å²) in [4.78, 5) is 15.8. The monoisotopic (exact) mass is 213 g/mol. The molecule has 1 heterocycles. The molecule has 0 aliphatic rings. The van der Waals surface area contributed by atoms with Gasteiger partial charge in [-0.05, 0) is 31.2 Å². The minimum atomic E-state index is -0.435. The highest BCUT2D eigenvalue weighted by atomic mass is 16.5. The molecule has 1 aromatic heterocycles. The lowest BCUT2D eigenvalue weighted by Crippen LogP contribution is -2.10. The molecular formula is C13H11NO2. The van der Waals surface area contributed by atoms with E-state index < -0.39 is 5.97 Å². The Bertz CT molecular complexity index is 494. The van der Waals surface area contributed by atoms with Crippen molar-refractivity contribution in [1.29, 1.82) is 0 Å². The van der Waals surface area contributed by atoms with Crippen molar-refractivity contribution in [1.82, 2.24) is 4.98 Å². The molecule has 0 aliphatic carbocycles. The minimum absolute atomic E-state index is 0.323. The largest absolute Gasteiger partial charge is 0.422 e. The second-order valence-corrected chi connectivity index (χ2v) is 3.37. The quantitative estimate of drug-likeness (QED) is 0.568. The molecule has 80 valence electrons. The molecule has 2 rings (SSSR count). The van der Waals surface area contributed by atoms with Crippen LogP contribution < -0.4 is 4.74 Å². The predicted octanol–water partition coefficient (Wildman–Crippen LogP) is 2.61. The summed E-state index contributed by atoms with van der Waals surface area (Å²) in [5.74, 6) is 0.0886. The number of pyridine rings is 1. The first-order valence-corrected chi connectivity index (χ1v) is 4.96. The van der Waals surface area contributed by atoms with Gasteiger partial charge in [0.25, 0.3) is 0 Å². The zero-order chi connectivity index (χ0) is 11.4. The van der Waals surface area contributed by atoms with Crippen molar-refractivity contribution in [3.63, 3.8) is 0 Å². The van der Waals surface area contributed by atoms with Crippen molar-refractivity contribution >= 4 is 5.97 Å². The maximum absolute atomic E-state index is 11.7. The number of esters is 1. The summed E-state index contributed by atoms with van der Waals surface area (Å²) in [7, 11) is 0. The van der Waals surface area contributed by atoms with Crippen molar-refractivity contribution in [3.8, 4) is 5.75 Å². The van der Waals surface area contributed by atoms with Gasteiger partial charge in [0.1, 0.15) is 11.4 Å². The number of nitrogens with zero attached hydrogens (tertiary/aromatic N) is 1. The van der Waals surface area contributed by atoms with Crippen LogP contribution >= 0.6 is 0 Å². The molecule has 0 fully saturated rings. The third kappa shape index (κ3) is 2.45. The van der Waals surface area contributed by atoms with Crippen molar-refractivity contribution in [3.05, 3.63) is 59.9 Å².